The van der Waals surface area contributed by atoms with E-state index in [-0.39, 0.29) is 5.91 Å². The largest absolute Gasteiger partial charge is 0.324 e. The van der Waals surface area contributed by atoms with Gasteiger partial charge >= 0.3 is 0 Å². The number of benzene rings is 1. The average Bonchev–Trinajstić information content (AvgIpc) is 3.00. The number of aryl methyl sites for hydroxylation is 2. The molecule has 27 heavy (non-hydrogen) atoms. The molecule has 8 heteroatoms. The molecule has 0 aliphatic heterocycles. The lowest BCUT2D eigenvalue weighted by Gasteiger charge is -2.07. The summed E-state index contributed by atoms with van der Waals surface area (Å²) in [4.78, 5) is 21.1. The molecular weight excluding hydrogens is 360 g/mol. The first kappa shape index (κ1) is 18.9. The number of amides is 1. The molecule has 0 unspecified atom stereocenters. The molecule has 2 aromatic heterocycles. The Balaban J connectivity index is 1.64. The lowest BCUT2D eigenvalue weighted by atomic mass is 10.1. The van der Waals surface area contributed by atoms with Crippen LogP contribution in [0.25, 0.3) is 0 Å². The molecule has 0 atom stereocenters. The maximum Gasteiger partial charge on any atom is 0.257 e. The Morgan fingerprint density at radius 2 is 1.74 bits per heavy atom. The maximum atomic E-state index is 12.4. The zero-order chi connectivity index (χ0) is 19.4. The second-order valence-electron chi connectivity index (χ2n) is 6.73. The van der Waals surface area contributed by atoms with Gasteiger partial charge in [-0.05, 0) is 50.1 Å². The molecule has 7 nitrogen and oxygen atoms in total. The van der Waals surface area contributed by atoms with Crippen molar-refractivity contribution < 1.29 is 4.79 Å². The minimum Gasteiger partial charge on any atom is -0.324 e. The molecule has 0 bridgehead atoms. The molecule has 0 spiro atoms. The summed E-state index contributed by atoms with van der Waals surface area (Å²) in [6.07, 6.45) is 0.856. The summed E-state index contributed by atoms with van der Waals surface area (Å²) in [6, 6.07) is 9.05. The fraction of sp³-hybridized carbons (Fsp3) is 0.316. The van der Waals surface area contributed by atoms with Crippen LogP contribution in [0, 0.1) is 19.8 Å². The van der Waals surface area contributed by atoms with Crippen LogP contribution in [0.2, 0.25) is 0 Å². The average molecular weight is 382 g/mol. The summed E-state index contributed by atoms with van der Waals surface area (Å²) in [5.74, 6) is 0.829. The zero-order valence-electron chi connectivity index (χ0n) is 15.8. The van der Waals surface area contributed by atoms with Crippen molar-refractivity contribution in [1.29, 1.82) is 0 Å². The molecule has 140 valence electrons. The molecule has 2 heterocycles. The summed E-state index contributed by atoms with van der Waals surface area (Å²) in [7, 11) is 0. The Bertz CT molecular complexity index is 915. The number of anilines is 3. The Hall–Kier alpha value is -2.87. The first-order chi connectivity index (χ1) is 12.9. The van der Waals surface area contributed by atoms with E-state index in [0.29, 0.717) is 22.6 Å². The normalized spacial score (nSPS) is 10.9. The van der Waals surface area contributed by atoms with E-state index in [0.717, 1.165) is 28.5 Å². The molecule has 1 aromatic carbocycles. The van der Waals surface area contributed by atoms with Crippen LogP contribution in [-0.2, 0) is 6.42 Å². The predicted molar refractivity (Wildman–Crippen MR) is 108 cm³/mol. The third kappa shape index (κ3) is 5.30. The quantitative estimate of drug-likeness (QED) is 0.666. The molecule has 3 aromatic rings. The highest BCUT2D eigenvalue weighted by molar-refractivity contribution is 7.15. The maximum absolute atomic E-state index is 12.4. The fourth-order valence-corrected chi connectivity index (χ4v) is 3.47. The Morgan fingerprint density at radius 3 is 2.37 bits per heavy atom. The number of hydrogen-bond donors (Lipinski definition) is 2. The van der Waals surface area contributed by atoms with E-state index in [2.05, 4.69) is 44.6 Å². The summed E-state index contributed by atoms with van der Waals surface area (Å²) >= 11 is 1.41. The van der Waals surface area contributed by atoms with E-state index < -0.39 is 0 Å². The van der Waals surface area contributed by atoms with Crippen molar-refractivity contribution in [1.82, 2.24) is 20.2 Å². The van der Waals surface area contributed by atoms with Gasteiger partial charge in [0.15, 0.2) is 0 Å². The van der Waals surface area contributed by atoms with E-state index >= 15 is 0 Å². The third-order valence-electron chi connectivity index (χ3n) is 3.66. The number of nitrogens with one attached hydrogen (secondary N) is 2. The molecule has 0 saturated carbocycles. The van der Waals surface area contributed by atoms with Crippen molar-refractivity contribution in [3.8, 4) is 0 Å². The zero-order valence-corrected chi connectivity index (χ0v) is 16.6. The van der Waals surface area contributed by atoms with Crippen LogP contribution in [0.5, 0.6) is 0 Å². The van der Waals surface area contributed by atoms with Crippen molar-refractivity contribution in [2.24, 2.45) is 5.92 Å². The highest BCUT2D eigenvalue weighted by Crippen LogP contribution is 2.20. The number of carbonyl (C=O) groups excluding carboxylic acids is 1. The molecule has 3 rings (SSSR count). The first-order valence-corrected chi connectivity index (χ1v) is 9.54. The highest BCUT2D eigenvalue weighted by Gasteiger charge is 2.11. The van der Waals surface area contributed by atoms with Crippen LogP contribution >= 0.6 is 11.3 Å². The Morgan fingerprint density at radius 1 is 1.07 bits per heavy atom. The lowest BCUT2D eigenvalue weighted by Crippen LogP contribution is -2.11. The highest BCUT2D eigenvalue weighted by atomic mass is 32.1. The van der Waals surface area contributed by atoms with Gasteiger partial charge < -0.3 is 5.32 Å². The summed E-state index contributed by atoms with van der Waals surface area (Å²) in [6.45, 7) is 8.09. The van der Waals surface area contributed by atoms with Gasteiger partial charge in [-0.25, -0.2) is 9.97 Å². The van der Waals surface area contributed by atoms with Crippen LogP contribution in [0.4, 0.5) is 16.8 Å². The number of nitrogens with zero attached hydrogens (tertiary/aromatic N) is 4. The molecule has 0 saturated heterocycles. The van der Waals surface area contributed by atoms with Crippen molar-refractivity contribution in [2.75, 3.05) is 10.6 Å². The summed E-state index contributed by atoms with van der Waals surface area (Å²) in [5, 5.41) is 15.5. The first-order valence-electron chi connectivity index (χ1n) is 8.72. The Labute approximate surface area is 162 Å². The molecule has 2 N–H and O–H groups in total. The molecule has 0 aliphatic carbocycles. The summed E-state index contributed by atoms with van der Waals surface area (Å²) < 4.78 is 0. The lowest BCUT2D eigenvalue weighted by molar-refractivity contribution is 0.102. The number of aromatic nitrogens is 4. The van der Waals surface area contributed by atoms with Gasteiger partial charge in [-0.3, -0.25) is 10.1 Å². The van der Waals surface area contributed by atoms with Crippen LogP contribution in [-0.4, -0.2) is 26.1 Å². The van der Waals surface area contributed by atoms with Crippen LogP contribution in [0.15, 0.2) is 30.3 Å². The van der Waals surface area contributed by atoms with Crippen LogP contribution in [0.3, 0.4) is 0 Å². The van der Waals surface area contributed by atoms with E-state index in [1.165, 1.54) is 11.3 Å². The van der Waals surface area contributed by atoms with Crippen molar-refractivity contribution in [2.45, 2.75) is 34.1 Å². The summed E-state index contributed by atoms with van der Waals surface area (Å²) in [5.41, 5.74) is 3.15. The van der Waals surface area contributed by atoms with Crippen molar-refractivity contribution in [3.63, 3.8) is 0 Å². The molecular formula is C19H22N6OS. The number of carbonyl (C=O) groups is 1. The van der Waals surface area contributed by atoms with E-state index in [1.807, 2.05) is 32.0 Å². The standard InChI is InChI=1S/C19H22N6OS/c1-11(2)9-16-24-25-19(27-16)23-17(26)14-5-7-15(8-6-14)22-18-20-12(3)10-13(4)21-18/h5-8,10-11H,9H2,1-4H3,(H,20,21,22)(H,23,25,26). The number of hydrogen-bond acceptors (Lipinski definition) is 7. The van der Waals surface area contributed by atoms with Gasteiger partial charge in [0, 0.05) is 29.1 Å². The van der Waals surface area contributed by atoms with Gasteiger partial charge in [0.2, 0.25) is 11.1 Å². The smallest absolute Gasteiger partial charge is 0.257 e. The predicted octanol–water partition coefficient (Wildman–Crippen LogP) is 4.14. The van der Waals surface area contributed by atoms with Crippen molar-refractivity contribution >= 4 is 34.0 Å². The van der Waals surface area contributed by atoms with Gasteiger partial charge in [0.1, 0.15) is 5.01 Å². The number of rotatable bonds is 6. The van der Waals surface area contributed by atoms with Crippen molar-refractivity contribution in [3.05, 3.63) is 52.3 Å². The third-order valence-corrected chi connectivity index (χ3v) is 4.52. The SMILES string of the molecule is Cc1cc(C)nc(Nc2ccc(C(=O)Nc3nnc(CC(C)C)s3)cc2)n1. The van der Waals surface area contributed by atoms with Crippen LogP contribution in [0.1, 0.15) is 40.6 Å². The second-order valence-corrected chi connectivity index (χ2v) is 7.79. The van der Waals surface area contributed by atoms with Gasteiger partial charge in [-0.2, -0.15) is 0 Å². The van der Waals surface area contributed by atoms with Gasteiger partial charge in [0.25, 0.3) is 5.91 Å². The fourth-order valence-electron chi connectivity index (χ4n) is 2.52. The monoisotopic (exact) mass is 382 g/mol. The van der Waals surface area contributed by atoms with Gasteiger partial charge in [-0.1, -0.05) is 25.2 Å². The van der Waals surface area contributed by atoms with E-state index in [1.54, 1.807) is 12.1 Å². The molecule has 0 fully saturated rings. The molecule has 1 amide bonds. The second kappa shape index (κ2) is 8.22. The molecule has 0 radical (unpaired) electrons. The van der Waals surface area contributed by atoms with E-state index in [9.17, 15) is 4.79 Å². The minimum absolute atomic E-state index is 0.212. The van der Waals surface area contributed by atoms with Crippen LogP contribution < -0.4 is 10.6 Å². The van der Waals surface area contributed by atoms with Gasteiger partial charge in [-0.15, -0.1) is 10.2 Å². The van der Waals surface area contributed by atoms with Gasteiger partial charge in [0.05, 0.1) is 0 Å². The Kier molecular flexibility index (Phi) is 5.75. The van der Waals surface area contributed by atoms with E-state index in [4.69, 9.17) is 0 Å². The minimum atomic E-state index is -0.212. The molecule has 0 aliphatic rings. The topological polar surface area (TPSA) is 92.7 Å².